The van der Waals surface area contributed by atoms with Crippen molar-refractivity contribution < 1.29 is 0 Å². The highest BCUT2D eigenvalue weighted by molar-refractivity contribution is 7.98. The SMILES string of the molecule is CCCCCCn1c(SCc2nccn2C)nc2ccccc2c1=O. The summed E-state index contributed by atoms with van der Waals surface area (Å²) >= 11 is 1.58. The molecule has 2 aromatic heterocycles. The van der Waals surface area contributed by atoms with Crippen molar-refractivity contribution in [1.29, 1.82) is 0 Å². The monoisotopic (exact) mass is 356 g/mol. The molecule has 6 heteroatoms. The number of para-hydroxylation sites is 1. The average molecular weight is 356 g/mol. The normalized spacial score (nSPS) is 11.3. The molecule has 1 aromatic carbocycles. The van der Waals surface area contributed by atoms with Gasteiger partial charge in [0.1, 0.15) is 5.82 Å². The molecule has 0 aliphatic heterocycles. The minimum absolute atomic E-state index is 0.0597. The zero-order valence-corrected chi connectivity index (χ0v) is 15.6. The van der Waals surface area contributed by atoms with Gasteiger partial charge in [0.15, 0.2) is 5.16 Å². The summed E-state index contributed by atoms with van der Waals surface area (Å²) in [4.78, 5) is 22.0. The zero-order chi connectivity index (χ0) is 17.6. The summed E-state index contributed by atoms with van der Waals surface area (Å²) in [5, 5.41) is 1.47. The summed E-state index contributed by atoms with van der Waals surface area (Å²) < 4.78 is 3.84. The first kappa shape index (κ1) is 17.7. The van der Waals surface area contributed by atoms with Gasteiger partial charge in [-0.1, -0.05) is 50.1 Å². The fraction of sp³-hybridized carbons (Fsp3) is 0.421. The van der Waals surface area contributed by atoms with Crippen LogP contribution in [0, 0.1) is 0 Å². The van der Waals surface area contributed by atoms with Crippen LogP contribution in [0.3, 0.4) is 0 Å². The van der Waals surface area contributed by atoms with Crippen molar-refractivity contribution >= 4 is 22.7 Å². The molecule has 2 heterocycles. The fourth-order valence-corrected chi connectivity index (χ4v) is 3.85. The topological polar surface area (TPSA) is 52.7 Å². The van der Waals surface area contributed by atoms with Gasteiger partial charge in [-0.15, -0.1) is 0 Å². The standard InChI is InChI=1S/C19H24N4OS/c1-3-4-5-8-12-23-18(24)15-9-6-7-10-16(15)21-19(23)25-14-17-20-11-13-22(17)2/h6-7,9-11,13H,3-5,8,12,14H2,1-2H3. The highest BCUT2D eigenvalue weighted by Crippen LogP contribution is 2.22. The smallest absolute Gasteiger partial charge is 0.262 e. The second kappa shape index (κ2) is 8.34. The summed E-state index contributed by atoms with van der Waals surface area (Å²) in [5.41, 5.74) is 0.823. The number of aromatic nitrogens is 4. The molecule has 0 aliphatic rings. The molecule has 0 aliphatic carbocycles. The summed E-state index contributed by atoms with van der Waals surface area (Å²) in [6, 6.07) is 7.59. The van der Waals surface area contributed by atoms with Crippen LogP contribution in [0.1, 0.15) is 38.4 Å². The Hall–Kier alpha value is -2.08. The molecule has 132 valence electrons. The van der Waals surface area contributed by atoms with Crippen LogP contribution in [0.2, 0.25) is 0 Å². The predicted octanol–water partition coefficient (Wildman–Crippen LogP) is 4.00. The molecule has 3 aromatic rings. The number of fused-ring (bicyclic) bond motifs is 1. The third kappa shape index (κ3) is 4.12. The Morgan fingerprint density at radius 3 is 2.76 bits per heavy atom. The van der Waals surface area contributed by atoms with Crippen LogP contribution < -0.4 is 5.56 Å². The molecule has 0 atom stereocenters. The molecule has 0 spiro atoms. The van der Waals surface area contributed by atoms with Crippen LogP contribution in [-0.4, -0.2) is 19.1 Å². The van der Waals surface area contributed by atoms with E-state index in [0.717, 1.165) is 35.9 Å². The van der Waals surface area contributed by atoms with Crippen LogP contribution in [0.15, 0.2) is 46.6 Å². The molecule has 0 N–H and O–H groups in total. The lowest BCUT2D eigenvalue weighted by molar-refractivity contribution is 0.531. The number of imidazole rings is 1. The van der Waals surface area contributed by atoms with Gasteiger partial charge in [-0.3, -0.25) is 9.36 Å². The summed E-state index contributed by atoms with van der Waals surface area (Å²) in [5.74, 6) is 1.67. The van der Waals surface area contributed by atoms with Crippen molar-refractivity contribution in [3.05, 3.63) is 52.8 Å². The minimum Gasteiger partial charge on any atom is -0.337 e. The van der Waals surface area contributed by atoms with E-state index in [-0.39, 0.29) is 5.56 Å². The average Bonchev–Trinajstić information content (AvgIpc) is 3.03. The maximum Gasteiger partial charge on any atom is 0.262 e. The Kier molecular flexibility index (Phi) is 5.91. The number of hydrogen-bond acceptors (Lipinski definition) is 4. The second-order valence-corrected chi connectivity index (χ2v) is 7.11. The van der Waals surface area contributed by atoms with Gasteiger partial charge in [-0.25, -0.2) is 9.97 Å². The van der Waals surface area contributed by atoms with Crippen LogP contribution in [-0.2, 0) is 19.3 Å². The fourth-order valence-electron chi connectivity index (χ4n) is 2.82. The second-order valence-electron chi connectivity index (χ2n) is 6.17. The summed E-state index contributed by atoms with van der Waals surface area (Å²) in [6.45, 7) is 2.91. The molecule has 0 fully saturated rings. The van der Waals surface area contributed by atoms with Gasteiger partial charge < -0.3 is 4.57 Å². The first-order chi connectivity index (χ1) is 12.2. The van der Waals surface area contributed by atoms with E-state index < -0.39 is 0 Å². The van der Waals surface area contributed by atoms with Crippen LogP contribution in [0.25, 0.3) is 10.9 Å². The van der Waals surface area contributed by atoms with E-state index in [1.54, 1.807) is 18.0 Å². The van der Waals surface area contributed by atoms with Crippen LogP contribution in [0.5, 0.6) is 0 Å². The lowest BCUT2D eigenvalue weighted by atomic mass is 10.2. The Balaban J connectivity index is 1.90. The lowest BCUT2D eigenvalue weighted by Gasteiger charge is -2.13. The van der Waals surface area contributed by atoms with Gasteiger partial charge in [0.2, 0.25) is 0 Å². The van der Waals surface area contributed by atoms with Gasteiger partial charge in [0.25, 0.3) is 5.56 Å². The molecule has 0 saturated carbocycles. The molecule has 0 amide bonds. The Morgan fingerprint density at radius 1 is 1.16 bits per heavy atom. The van der Waals surface area contributed by atoms with Crippen molar-refractivity contribution in [3.8, 4) is 0 Å². The molecule has 0 saturated heterocycles. The summed E-state index contributed by atoms with van der Waals surface area (Å²) in [6.07, 6.45) is 8.25. The molecular formula is C19H24N4OS. The molecule has 3 rings (SSSR count). The van der Waals surface area contributed by atoms with E-state index in [1.807, 2.05) is 46.6 Å². The van der Waals surface area contributed by atoms with Gasteiger partial charge in [0, 0.05) is 26.0 Å². The molecule has 0 bridgehead atoms. The van der Waals surface area contributed by atoms with E-state index in [9.17, 15) is 4.79 Å². The summed E-state index contributed by atoms with van der Waals surface area (Å²) in [7, 11) is 1.98. The third-order valence-corrected chi connectivity index (χ3v) is 5.29. The van der Waals surface area contributed by atoms with Crippen LogP contribution in [0.4, 0.5) is 0 Å². The number of unbranched alkanes of at least 4 members (excludes halogenated alkanes) is 3. The van der Waals surface area contributed by atoms with Gasteiger partial charge in [-0.2, -0.15) is 0 Å². The maximum atomic E-state index is 12.9. The minimum atomic E-state index is 0.0597. The third-order valence-electron chi connectivity index (χ3n) is 4.31. The van der Waals surface area contributed by atoms with E-state index in [2.05, 4.69) is 11.9 Å². The Bertz CT molecular complexity index is 900. The zero-order valence-electron chi connectivity index (χ0n) is 14.8. The van der Waals surface area contributed by atoms with Crippen molar-refractivity contribution in [1.82, 2.24) is 19.1 Å². The van der Waals surface area contributed by atoms with E-state index in [0.29, 0.717) is 11.1 Å². The number of aryl methyl sites for hydroxylation is 1. The molecule has 0 unspecified atom stereocenters. The van der Waals surface area contributed by atoms with Crippen molar-refractivity contribution in [2.24, 2.45) is 7.05 Å². The quantitative estimate of drug-likeness (QED) is 0.348. The first-order valence-electron chi connectivity index (χ1n) is 8.79. The number of nitrogens with zero attached hydrogens (tertiary/aromatic N) is 4. The Morgan fingerprint density at radius 2 is 2.00 bits per heavy atom. The first-order valence-corrected chi connectivity index (χ1v) is 9.78. The number of rotatable bonds is 8. The van der Waals surface area contributed by atoms with Crippen molar-refractivity contribution in [3.63, 3.8) is 0 Å². The van der Waals surface area contributed by atoms with E-state index in [4.69, 9.17) is 4.98 Å². The highest BCUT2D eigenvalue weighted by Gasteiger charge is 2.12. The molecule has 5 nitrogen and oxygen atoms in total. The van der Waals surface area contributed by atoms with Gasteiger partial charge >= 0.3 is 0 Å². The predicted molar refractivity (Wildman–Crippen MR) is 103 cm³/mol. The molecular weight excluding hydrogens is 332 g/mol. The maximum absolute atomic E-state index is 12.9. The van der Waals surface area contributed by atoms with Crippen molar-refractivity contribution in [2.75, 3.05) is 0 Å². The highest BCUT2D eigenvalue weighted by atomic mass is 32.2. The van der Waals surface area contributed by atoms with E-state index in [1.165, 1.54) is 12.8 Å². The van der Waals surface area contributed by atoms with E-state index >= 15 is 0 Å². The largest absolute Gasteiger partial charge is 0.337 e. The lowest BCUT2D eigenvalue weighted by Crippen LogP contribution is -2.23. The van der Waals surface area contributed by atoms with Gasteiger partial charge in [0.05, 0.1) is 16.7 Å². The number of benzene rings is 1. The van der Waals surface area contributed by atoms with Gasteiger partial charge in [-0.05, 0) is 18.6 Å². The number of hydrogen-bond donors (Lipinski definition) is 0. The molecule has 0 radical (unpaired) electrons. The number of thioether (sulfide) groups is 1. The molecule has 25 heavy (non-hydrogen) atoms. The van der Waals surface area contributed by atoms with Crippen molar-refractivity contribution in [2.45, 2.75) is 50.1 Å². The van der Waals surface area contributed by atoms with Crippen LogP contribution >= 0.6 is 11.8 Å². The Labute approximate surface area is 152 Å².